The summed E-state index contributed by atoms with van der Waals surface area (Å²) in [6, 6.07) is 30.9. The van der Waals surface area contributed by atoms with E-state index in [1.54, 1.807) is 18.6 Å². The predicted molar refractivity (Wildman–Crippen MR) is 306 cm³/mol. The standard InChI is InChI=1S/C34H41NO3.C33H39NO3/c1-6-34(7-2,29-11-10-27(24(3)18-29)14-17-33(37)15-8-9-16-33)30-12-13-31(25(4)19-30)28-20-26(22-35-23-28)21-32(36)38-5;1-5-33(6-2,28-10-9-26(23(3)17-28)13-16-32(37)14-7-8-15-32)29-11-12-30(24(4)18-29)27-19-25(20-31(35)36)21-34-22-27/h10-14,17-20,22-23,37H,6-9,15-16,21H2,1-5H3;9-13,16-19,21-22,37H,5-8,14-15,20H2,1-4H3,(H,35,36)/b17-14+;16-13+. The number of benzene rings is 4. The van der Waals surface area contributed by atoms with Gasteiger partial charge in [-0.3, -0.25) is 19.6 Å². The van der Waals surface area contributed by atoms with Crippen molar-refractivity contribution in [3.05, 3.63) is 189 Å². The summed E-state index contributed by atoms with van der Waals surface area (Å²) in [5.74, 6) is -1.12. The Morgan fingerprint density at radius 3 is 1.23 bits per heavy atom. The number of aliphatic carboxylic acids is 1. The summed E-state index contributed by atoms with van der Waals surface area (Å²) in [6.45, 7) is 17.6. The molecule has 394 valence electrons. The van der Waals surface area contributed by atoms with E-state index in [-0.39, 0.29) is 29.6 Å². The van der Waals surface area contributed by atoms with Crippen molar-refractivity contribution >= 4 is 24.1 Å². The van der Waals surface area contributed by atoms with Gasteiger partial charge in [-0.05, 0) is 169 Å². The third-order valence-electron chi connectivity index (χ3n) is 16.8. The molecule has 0 aliphatic heterocycles. The number of carboxylic acid groups (broad SMARTS) is 1. The molecule has 2 saturated carbocycles. The third-order valence-corrected chi connectivity index (χ3v) is 16.8. The average molecular weight is 1010 g/mol. The summed E-state index contributed by atoms with van der Waals surface area (Å²) in [4.78, 5) is 31.6. The van der Waals surface area contributed by atoms with E-state index in [9.17, 15) is 19.8 Å². The lowest BCUT2D eigenvalue weighted by Gasteiger charge is -2.34. The topological polar surface area (TPSA) is 130 Å². The van der Waals surface area contributed by atoms with E-state index in [0.717, 1.165) is 116 Å². The van der Waals surface area contributed by atoms with Crippen LogP contribution in [0.1, 0.15) is 172 Å². The molecule has 3 N–H and O–H groups in total. The highest BCUT2D eigenvalue weighted by molar-refractivity contribution is 5.75. The molecule has 0 spiro atoms. The predicted octanol–water partition coefficient (Wildman–Crippen LogP) is 14.9. The number of pyridine rings is 2. The first-order chi connectivity index (χ1) is 35.9. The van der Waals surface area contributed by atoms with Crippen LogP contribution in [0, 0.1) is 27.7 Å². The number of aromatic nitrogens is 2. The third kappa shape index (κ3) is 13.0. The smallest absolute Gasteiger partial charge is 0.310 e. The Kier molecular flexibility index (Phi) is 18.3. The number of aryl methyl sites for hydroxylation is 4. The van der Waals surface area contributed by atoms with Crippen LogP contribution in [0.5, 0.6) is 0 Å². The van der Waals surface area contributed by atoms with E-state index in [1.807, 2.05) is 30.5 Å². The fourth-order valence-corrected chi connectivity index (χ4v) is 12.0. The highest BCUT2D eigenvalue weighted by atomic mass is 16.5. The van der Waals surface area contributed by atoms with E-state index in [2.05, 4.69) is 150 Å². The summed E-state index contributed by atoms with van der Waals surface area (Å²) in [5, 5.41) is 30.6. The largest absolute Gasteiger partial charge is 0.481 e. The second-order valence-corrected chi connectivity index (χ2v) is 21.6. The van der Waals surface area contributed by atoms with Gasteiger partial charge in [0.1, 0.15) is 0 Å². The highest BCUT2D eigenvalue weighted by Crippen LogP contribution is 2.43. The lowest BCUT2D eigenvalue weighted by Crippen LogP contribution is -2.26. The van der Waals surface area contributed by atoms with Crippen molar-refractivity contribution < 1.29 is 29.6 Å². The molecule has 8 heteroatoms. The molecule has 2 aliphatic carbocycles. The Morgan fingerprint density at radius 1 is 0.533 bits per heavy atom. The van der Waals surface area contributed by atoms with Crippen molar-refractivity contribution in [3.8, 4) is 22.3 Å². The van der Waals surface area contributed by atoms with Gasteiger partial charge in [-0.25, -0.2) is 0 Å². The Balaban J connectivity index is 0.000000219. The van der Waals surface area contributed by atoms with Gasteiger partial charge < -0.3 is 20.1 Å². The summed E-state index contributed by atoms with van der Waals surface area (Å²) >= 11 is 0. The molecule has 2 fully saturated rings. The number of ether oxygens (including phenoxy) is 1. The number of rotatable bonds is 18. The average Bonchev–Trinajstić information content (AvgIpc) is 4.05. The minimum Gasteiger partial charge on any atom is -0.481 e. The van der Waals surface area contributed by atoms with Crippen molar-refractivity contribution in [3.63, 3.8) is 0 Å². The first kappa shape index (κ1) is 56.3. The SMILES string of the molecule is CCC(CC)(c1ccc(/C=C/C2(O)CCCC2)c(C)c1)c1ccc(-c2cncc(CC(=O)O)c2)c(C)c1.CCC(CC)(c1ccc(/C=C/C2(O)CCCC2)c(C)c1)c1ccc(-c2cncc(CC(=O)OC)c2)c(C)c1. The Labute approximate surface area is 447 Å². The molecule has 4 aromatic carbocycles. The zero-order valence-electron chi connectivity index (χ0n) is 46.1. The van der Waals surface area contributed by atoms with Crippen LogP contribution in [-0.2, 0) is 38.0 Å². The summed E-state index contributed by atoms with van der Waals surface area (Å²) in [6.07, 6.45) is 27.1. The molecule has 0 saturated heterocycles. The van der Waals surface area contributed by atoms with Gasteiger partial charge >= 0.3 is 11.9 Å². The number of carboxylic acids is 1. The van der Waals surface area contributed by atoms with Crippen molar-refractivity contribution in [1.29, 1.82) is 0 Å². The lowest BCUT2D eigenvalue weighted by atomic mass is 9.69. The van der Waals surface area contributed by atoms with Gasteiger partial charge in [-0.1, -0.05) is 150 Å². The molecule has 8 nitrogen and oxygen atoms in total. The first-order valence-electron chi connectivity index (χ1n) is 27.4. The van der Waals surface area contributed by atoms with Gasteiger partial charge in [0, 0.05) is 46.7 Å². The summed E-state index contributed by atoms with van der Waals surface area (Å²) in [7, 11) is 1.41. The summed E-state index contributed by atoms with van der Waals surface area (Å²) in [5.41, 5.74) is 16.5. The Bertz CT molecular complexity index is 3020. The quantitative estimate of drug-likeness (QED) is 0.0726. The number of hydrogen-bond acceptors (Lipinski definition) is 7. The van der Waals surface area contributed by atoms with Gasteiger partial charge in [0.15, 0.2) is 0 Å². The molecule has 0 amide bonds. The number of aliphatic hydroxyl groups is 2. The number of carbonyl (C=O) groups is 2. The number of esters is 1. The number of methoxy groups -OCH3 is 1. The second-order valence-electron chi connectivity index (χ2n) is 21.6. The molecule has 8 rings (SSSR count). The molecule has 2 heterocycles. The second kappa shape index (κ2) is 24.5. The molecule has 0 radical (unpaired) electrons. The maximum absolute atomic E-state index is 11.7. The normalized spacial score (nSPS) is 15.3. The maximum atomic E-state index is 11.7. The van der Waals surface area contributed by atoms with Crippen molar-refractivity contribution in [1.82, 2.24) is 9.97 Å². The molecular formula is C67H80N2O6. The minimum absolute atomic E-state index is 0.0312. The molecule has 2 aromatic heterocycles. The van der Waals surface area contributed by atoms with Gasteiger partial charge in [-0.2, -0.15) is 0 Å². The highest BCUT2D eigenvalue weighted by Gasteiger charge is 2.34. The van der Waals surface area contributed by atoms with Crippen LogP contribution in [0.15, 0.2) is 122 Å². The Hall–Kier alpha value is -6.48. The fourth-order valence-electron chi connectivity index (χ4n) is 12.0. The molecule has 0 atom stereocenters. The van der Waals surface area contributed by atoms with Crippen LogP contribution in [-0.4, -0.2) is 55.5 Å². The molecule has 0 unspecified atom stereocenters. The van der Waals surface area contributed by atoms with Gasteiger partial charge in [-0.15, -0.1) is 0 Å². The van der Waals surface area contributed by atoms with Crippen molar-refractivity contribution in [2.75, 3.05) is 7.11 Å². The van der Waals surface area contributed by atoms with Gasteiger partial charge in [0.2, 0.25) is 0 Å². The zero-order chi connectivity index (χ0) is 54.0. The van der Waals surface area contributed by atoms with Crippen molar-refractivity contribution in [2.24, 2.45) is 0 Å². The van der Waals surface area contributed by atoms with E-state index in [1.165, 1.54) is 51.6 Å². The summed E-state index contributed by atoms with van der Waals surface area (Å²) < 4.78 is 4.82. The van der Waals surface area contributed by atoms with E-state index < -0.39 is 17.2 Å². The lowest BCUT2D eigenvalue weighted by molar-refractivity contribution is -0.140. The number of nitrogens with zero attached hydrogens (tertiary/aromatic N) is 2. The van der Waals surface area contributed by atoms with Crippen LogP contribution in [0.25, 0.3) is 34.4 Å². The molecule has 0 bridgehead atoms. The van der Waals surface area contributed by atoms with Gasteiger partial charge in [0.25, 0.3) is 0 Å². The van der Waals surface area contributed by atoms with E-state index in [4.69, 9.17) is 9.84 Å². The van der Waals surface area contributed by atoms with Gasteiger partial charge in [0.05, 0.1) is 31.2 Å². The molecule has 75 heavy (non-hydrogen) atoms. The van der Waals surface area contributed by atoms with Crippen LogP contribution >= 0.6 is 0 Å². The fraction of sp³-hybridized carbons (Fsp3) is 0.403. The van der Waals surface area contributed by atoms with Crippen molar-refractivity contribution in [2.45, 2.75) is 167 Å². The number of carbonyl (C=O) groups excluding carboxylic acids is 1. The first-order valence-corrected chi connectivity index (χ1v) is 27.4. The Morgan fingerprint density at radius 2 is 0.893 bits per heavy atom. The zero-order valence-corrected chi connectivity index (χ0v) is 46.1. The van der Waals surface area contributed by atoms with Crippen LogP contribution < -0.4 is 0 Å². The molecule has 2 aliphatic rings. The van der Waals surface area contributed by atoms with E-state index in [0.29, 0.717) is 5.56 Å². The minimum atomic E-state index is -0.854. The molecular weight excluding hydrogens is 929 g/mol. The number of hydrogen-bond donors (Lipinski definition) is 3. The van der Waals surface area contributed by atoms with Crippen LogP contribution in [0.4, 0.5) is 0 Å². The molecule has 6 aromatic rings. The van der Waals surface area contributed by atoms with E-state index >= 15 is 0 Å². The van der Waals surface area contributed by atoms with Crippen LogP contribution in [0.2, 0.25) is 0 Å². The van der Waals surface area contributed by atoms with Crippen LogP contribution in [0.3, 0.4) is 0 Å². The maximum Gasteiger partial charge on any atom is 0.310 e. The monoisotopic (exact) mass is 1010 g/mol.